The monoisotopic (exact) mass is 138 g/mol. The molecule has 0 spiro atoms. The Balaban J connectivity index is 2.77. The average Bonchev–Trinajstić information content (AvgIpc) is 1.96. The topological polar surface area (TPSA) is 17.1 Å². The summed E-state index contributed by atoms with van der Waals surface area (Å²) in [6, 6.07) is 0. The van der Waals surface area contributed by atoms with Crippen molar-refractivity contribution in [1.82, 2.24) is 0 Å². The van der Waals surface area contributed by atoms with Crippen LogP contribution in [0.3, 0.4) is 0 Å². The Morgan fingerprint density at radius 3 is 2.80 bits per heavy atom. The van der Waals surface area contributed by atoms with Crippen LogP contribution in [-0.4, -0.2) is 6.29 Å². The summed E-state index contributed by atoms with van der Waals surface area (Å²) in [7, 11) is 0. The molecule has 1 nitrogen and oxygen atoms in total. The third-order valence-corrected chi connectivity index (χ3v) is 2.58. The van der Waals surface area contributed by atoms with E-state index in [-0.39, 0.29) is 5.41 Å². The normalized spacial score (nSPS) is 39.6. The van der Waals surface area contributed by atoms with Crippen LogP contribution < -0.4 is 0 Å². The SMILES string of the molecule is C[C@@H]1C=CCC[C@]1(C)C=O. The highest BCUT2D eigenvalue weighted by Crippen LogP contribution is 2.34. The van der Waals surface area contributed by atoms with Crippen LogP contribution >= 0.6 is 0 Å². The minimum atomic E-state index is -0.0885. The first-order valence-corrected chi connectivity index (χ1v) is 3.82. The molecule has 0 aromatic rings. The minimum absolute atomic E-state index is 0.0885. The van der Waals surface area contributed by atoms with E-state index >= 15 is 0 Å². The molecule has 0 unspecified atom stereocenters. The van der Waals surface area contributed by atoms with Gasteiger partial charge in [0.05, 0.1) is 0 Å². The molecule has 1 rings (SSSR count). The van der Waals surface area contributed by atoms with E-state index in [1.807, 2.05) is 6.92 Å². The minimum Gasteiger partial charge on any atom is -0.303 e. The summed E-state index contributed by atoms with van der Waals surface area (Å²) < 4.78 is 0. The van der Waals surface area contributed by atoms with E-state index in [1.54, 1.807) is 0 Å². The van der Waals surface area contributed by atoms with Gasteiger partial charge in [-0.05, 0) is 18.8 Å². The molecule has 0 fully saturated rings. The summed E-state index contributed by atoms with van der Waals surface area (Å²) in [6.07, 6.45) is 7.46. The smallest absolute Gasteiger partial charge is 0.126 e. The van der Waals surface area contributed by atoms with Gasteiger partial charge in [0.2, 0.25) is 0 Å². The molecule has 1 aliphatic carbocycles. The van der Waals surface area contributed by atoms with E-state index in [4.69, 9.17) is 0 Å². The van der Waals surface area contributed by atoms with E-state index in [0.717, 1.165) is 19.1 Å². The van der Waals surface area contributed by atoms with E-state index in [2.05, 4.69) is 19.1 Å². The highest BCUT2D eigenvalue weighted by Gasteiger charge is 2.30. The summed E-state index contributed by atoms with van der Waals surface area (Å²) in [5.74, 6) is 0.416. The molecule has 0 amide bonds. The molecule has 0 aromatic carbocycles. The van der Waals surface area contributed by atoms with Gasteiger partial charge in [-0.25, -0.2) is 0 Å². The van der Waals surface area contributed by atoms with Crippen LogP contribution in [0.5, 0.6) is 0 Å². The van der Waals surface area contributed by atoms with Crippen molar-refractivity contribution in [3.63, 3.8) is 0 Å². The predicted octanol–water partition coefficient (Wildman–Crippen LogP) is 2.18. The van der Waals surface area contributed by atoms with Gasteiger partial charge in [-0.1, -0.05) is 26.0 Å². The van der Waals surface area contributed by atoms with Gasteiger partial charge in [0.25, 0.3) is 0 Å². The van der Waals surface area contributed by atoms with Crippen molar-refractivity contribution in [3.05, 3.63) is 12.2 Å². The molecule has 0 radical (unpaired) electrons. The molecule has 0 aliphatic heterocycles. The van der Waals surface area contributed by atoms with Gasteiger partial charge in [-0.15, -0.1) is 0 Å². The Labute approximate surface area is 62.1 Å². The summed E-state index contributed by atoms with van der Waals surface area (Å²) >= 11 is 0. The first-order chi connectivity index (χ1) is 4.69. The second-order valence-corrected chi connectivity index (χ2v) is 3.38. The third-order valence-electron chi connectivity index (χ3n) is 2.58. The number of aldehydes is 1. The van der Waals surface area contributed by atoms with Crippen molar-refractivity contribution in [2.75, 3.05) is 0 Å². The van der Waals surface area contributed by atoms with Crippen LogP contribution in [0.1, 0.15) is 26.7 Å². The van der Waals surface area contributed by atoms with Crippen molar-refractivity contribution in [3.8, 4) is 0 Å². The molecule has 0 saturated heterocycles. The average molecular weight is 138 g/mol. The molecule has 2 atom stereocenters. The van der Waals surface area contributed by atoms with Crippen LogP contribution in [0.4, 0.5) is 0 Å². The van der Waals surface area contributed by atoms with E-state index in [9.17, 15) is 4.79 Å². The molecule has 0 aromatic heterocycles. The van der Waals surface area contributed by atoms with Gasteiger partial charge in [-0.2, -0.15) is 0 Å². The van der Waals surface area contributed by atoms with E-state index in [0.29, 0.717) is 5.92 Å². The lowest BCUT2D eigenvalue weighted by molar-refractivity contribution is -0.117. The van der Waals surface area contributed by atoms with Crippen LogP contribution in [0, 0.1) is 11.3 Å². The Kier molecular flexibility index (Phi) is 1.93. The zero-order valence-corrected chi connectivity index (χ0v) is 6.63. The zero-order valence-electron chi connectivity index (χ0n) is 6.63. The molecule has 0 N–H and O–H groups in total. The summed E-state index contributed by atoms with van der Waals surface area (Å²) in [6.45, 7) is 4.14. The number of hydrogen-bond donors (Lipinski definition) is 0. The Bertz CT molecular complexity index is 160. The lowest BCUT2D eigenvalue weighted by Gasteiger charge is -2.30. The molecular formula is C9H14O. The molecule has 0 heterocycles. The second-order valence-electron chi connectivity index (χ2n) is 3.38. The molecule has 10 heavy (non-hydrogen) atoms. The molecule has 0 bridgehead atoms. The predicted molar refractivity (Wildman–Crippen MR) is 41.7 cm³/mol. The van der Waals surface area contributed by atoms with Crippen molar-refractivity contribution in [1.29, 1.82) is 0 Å². The lowest BCUT2D eigenvalue weighted by atomic mass is 9.73. The second kappa shape index (κ2) is 2.57. The van der Waals surface area contributed by atoms with Gasteiger partial charge >= 0.3 is 0 Å². The molecule has 0 saturated carbocycles. The summed E-state index contributed by atoms with van der Waals surface area (Å²) in [4.78, 5) is 10.7. The van der Waals surface area contributed by atoms with Crippen molar-refractivity contribution >= 4 is 6.29 Å². The highest BCUT2D eigenvalue weighted by molar-refractivity contribution is 5.60. The van der Waals surface area contributed by atoms with Gasteiger partial charge in [0.15, 0.2) is 0 Å². The standard InChI is InChI=1S/C9H14O/c1-8-5-3-4-6-9(8,2)7-10/h3,5,7-8H,4,6H2,1-2H3/t8-,9-/m1/s1. The highest BCUT2D eigenvalue weighted by atomic mass is 16.1. The number of hydrogen-bond acceptors (Lipinski definition) is 1. The van der Waals surface area contributed by atoms with E-state index < -0.39 is 0 Å². The first kappa shape index (κ1) is 7.52. The number of carbonyl (C=O) groups is 1. The lowest BCUT2D eigenvalue weighted by Crippen LogP contribution is -2.27. The van der Waals surface area contributed by atoms with Crippen LogP contribution in [0.25, 0.3) is 0 Å². The Morgan fingerprint density at radius 2 is 2.40 bits per heavy atom. The van der Waals surface area contributed by atoms with Crippen LogP contribution in [0.15, 0.2) is 12.2 Å². The fourth-order valence-electron chi connectivity index (χ4n) is 1.31. The maximum Gasteiger partial charge on any atom is 0.126 e. The molecule has 1 aliphatic rings. The molecular weight excluding hydrogens is 124 g/mol. The third kappa shape index (κ3) is 1.13. The summed E-state index contributed by atoms with van der Waals surface area (Å²) in [5.41, 5.74) is -0.0885. The zero-order chi connectivity index (χ0) is 7.61. The Hall–Kier alpha value is -0.590. The van der Waals surface area contributed by atoms with Crippen molar-refractivity contribution in [2.45, 2.75) is 26.7 Å². The molecule has 1 heteroatoms. The van der Waals surface area contributed by atoms with Gasteiger partial charge < -0.3 is 4.79 Å². The van der Waals surface area contributed by atoms with Gasteiger partial charge in [-0.3, -0.25) is 0 Å². The van der Waals surface area contributed by atoms with Gasteiger partial charge in [0, 0.05) is 5.41 Å². The maximum absolute atomic E-state index is 10.7. The largest absolute Gasteiger partial charge is 0.303 e. The van der Waals surface area contributed by atoms with Crippen molar-refractivity contribution < 1.29 is 4.79 Å². The van der Waals surface area contributed by atoms with Crippen LogP contribution in [-0.2, 0) is 4.79 Å². The fourth-order valence-corrected chi connectivity index (χ4v) is 1.31. The Morgan fingerprint density at radius 1 is 1.70 bits per heavy atom. The number of allylic oxidation sites excluding steroid dienone is 2. The van der Waals surface area contributed by atoms with Crippen molar-refractivity contribution in [2.24, 2.45) is 11.3 Å². The maximum atomic E-state index is 10.7. The first-order valence-electron chi connectivity index (χ1n) is 3.82. The quantitative estimate of drug-likeness (QED) is 0.401. The molecule has 56 valence electrons. The van der Waals surface area contributed by atoms with E-state index in [1.165, 1.54) is 0 Å². The number of rotatable bonds is 1. The summed E-state index contributed by atoms with van der Waals surface area (Å²) in [5, 5.41) is 0. The number of carbonyl (C=O) groups excluding carboxylic acids is 1. The fraction of sp³-hybridized carbons (Fsp3) is 0.667. The van der Waals surface area contributed by atoms with Gasteiger partial charge in [0.1, 0.15) is 6.29 Å². The van der Waals surface area contributed by atoms with Crippen LogP contribution in [0.2, 0.25) is 0 Å².